The van der Waals surface area contributed by atoms with Gasteiger partial charge >= 0.3 is 5.97 Å². The zero-order valence-electron chi connectivity index (χ0n) is 41.6. The third kappa shape index (κ3) is 9.71. The molecule has 4 heteroatoms. The highest BCUT2D eigenvalue weighted by atomic mass is 16.5. The maximum atomic E-state index is 15.1. The van der Waals surface area contributed by atoms with Crippen molar-refractivity contribution in [1.82, 2.24) is 4.98 Å². The number of rotatable bonds is 12. The second-order valence-corrected chi connectivity index (χ2v) is 23.3. The molecule has 5 aliphatic rings. The number of H-pyrrole nitrogens is 1. The van der Waals surface area contributed by atoms with E-state index in [9.17, 15) is 0 Å². The number of hydrogen-bond donors (Lipinski definition) is 1. The van der Waals surface area contributed by atoms with Gasteiger partial charge < -0.3 is 9.72 Å². The number of ether oxygens (including phenoxy) is 1. The number of carbonyl (C=O) groups excluding carboxylic acids is 1. The number of aromatic amines is 1. The Balaban J connectivity index is 1.61. The number of nitrogens with zero attached hydrogens (tertiary/aromatic N) is 1. The molecule has 4 aliphatic carbocycles. The molecule has 7 rings (SSSR count). The van der Waals surface area contributed by atoms with E-state index in [2.05, 4.69) is 111 Å². The molecule has 4 fully saturated rings. The van der Waals surface area contributed by atoms with Crippen LogP contribution in [-0.4, -0.2) is 23.3 Å². The summed E-state index contributed by atoms with van der Waals surface area (Å²) in [6.07, 6.45) is 19.8. The monoisotopic (exact) mass is 845 g/mol. The summed E-state index contributed by atoms with van der Waals surface area (Å²) < 4.78 is 6.22. The van der Waals surface area contributed by atoms with Gasteiger partial charge in [-0.3, -0.25) is 4.99 Å². The third-order valence-electron chi connectivity index (χ3n) is 17.1. The molecule has 1 aromatic carbocycles. The molecule has 1 N–H and O–H groups in total. The maximum absolute atomic E-state index is 15.1. The molecule has 342 valence electrons. The Kier molecular flexibility index (Phi) is 15.3. The van der Waals surface area contributed by atoms with E-state index in [0.29, 0.717) is 65.8 Å². The smallest absolute Gasteiger partial charge is 0.340 e. The van der Waals surface area contributed by atoms with Crippen LogP contribution in [0.4, 0.5) is 0 Å². The molecule has 0 amide bonds. The van der Waals surface area contributed by atoms with Gasteiger partial charge in [0.05, 0.1) is 29.3 Å². The first kappa shape index (κ1) is 47.1. The lowest BCUT2D eigenvalue weighted by Crippen LogP contribution is -2.34. The van der Waals surface area contributed by atoms with E-state index in [-0.39, 0.29) is 23.2 Å². The maximum Gasteiger partial charge on any atom is 0.340 e. The molecule has 0 spiro atoms. The van der Waals surface area contributed by atoms with Crippen molar-refractivity contribution >= 4 is 17.3 Å². The predicted octanol–water partition coefficient (Wildman–Crippen LogP) is 16.2. The van der Waals surface area contributed by atoms with Gasteiger partial charge in [0, 0.05) is 23.1 Å². The first-order valence-corrected chi connectivity index (χ1v) is 26.2. The molecule has 4 nitrogen and oxygen atoms in total. The fourth-order valence-corrected chi connectivity index (χ4v) is 13.8. The summed E-state index contributed by atoms with van der Waals surface area (Å²) in [5.41, 5.74) is 12.4. The molecular weight excluding hydrogens is 757 g/mol. The Labute approximate surface area is 379 Å². The lowest BCUT2D eigenvalue weighted by Gasteiger charge is -2.37. The number of aromatic nitrogens is 1. The first-order valence-electron chi connectivity index (χ1n) is 26.2. The van der Waals surface area contributed by atoms with E-state index in [1.165, 1.54) is 129 Å². The van der Waals surface area contributed by atoms with Gasteiger partial charge in [-0.1, -0.05) is 152 Å². The highest BCUT2D eigenvalue weighted by Gasteiger charge is 2.46. The second kappa shape index (κ2) is 20.1. The average Bonchev–Trinajstić information content (AvgIpc) is 3.86. The molecule has 4 saturated carbocycles. The van der Waals surface area contributed by atoms with Gasteiger partial charge in [-0.15, -0.1) is 0 Å². The largest absolute Gasteiger partial charge is 0.462 e. The Morgan fingerprint density at radius 1 is 0.645 bits per heavy atom. The lowest BCUT2D eigenvalue weighted by atomic mass is 9.66. The van der Waals surface area contributed by atoms with Gasteiger partial charge in [0.15, 0.2) is 0 Å². The minimum atomic E-state index is -0.138. The molecule has 0 bridgehead atoms. The number of esters is 1. The molecule has 0 saturated heterocycles. The van der Waals surface area contributed by atoms with Crippen molar-refractivity contribution in [2.45, 2.75) is 203 Å². The molecule has 2 aromatic rings. The molecule has 2 heterocycles. The normalized spacial score (nSPS) is 29.8. The number of aliphatic imine (C=N–C) groups is 1. The van der Waals surface area contributed by atoms with E-state index < -0.39 is 0 Å². The molecule has 0 radical (unpaired) electrons. The number of allylic oxidation sites excluding steroid dienone is 1. The van der Waals surface area contributed by atoms with Gasteiger partial charge in [0.25, 0.3) is 0 Å². The van der Waals surface area contributed by atoms with Crippen LogP contribution in [0.15, 0.2) is 52.2 Å². The van der Waals surface area contributed by atoms with Crippen molar-refractivity contribution in [1.29, 1.82) is 0 Å². The molecular formula is C58H88N2O2. The summed E-state index contributed by atoms with van der Waals surface area (Å²) >= 11 is 0. The van der Waals surface area contributed by atoms with E-state index >= 15 is 4.79 Å². The van der Waals surface area contributed by atoms with Crippen molar-refractivity contribution < 1.29 is 9.53 Å². The van der Waals surface area contributed by atoms with Crippen molar-refractivity contribution in [2.24, 2.45) is 64.2 Å². The Morgan fingerprint density at radius 2 is 1.10 bits per heavy atom. The molecule has 1 aromatic heterocycles. The van der Waals surface area contributed by atoms with Crippen LogP contribution < -0.4 is 0 Å². The topological polar surface area (TPSA) is 54.5 Å². The Bertz CT molecular complexity index is 1930. The van der Waals surface area contributed by atoms with Gasteiger partial charge in [0.1, 0.15) is 0 Å². The Hall–Kier alpha value is -2.88. The number of nitrogens with one attached hydrogen (secondary N) is 1. The van der Waals surface area contributed by atoms with Crippen LogP contribution in [0.25, 0.3) is 5.57 Å². The van der Waals surface area contributed by atoms with Crippen molar-refractivity contribution in [2.75, 3.05) is 6.61 Å². The van der Waals surface area contributed by atoms with Crippen LogP contribution in [0.3, 0.4) is 0 Å². The SMILES string of the molecule is CCOC(=O)C1=C(C2CCCCC2C(C)C)/C(=C(\c2ccc(C(C)(C)C)cc2)c2[nH]c(C3CCCCC3C(C)C)cc2C2CCCCC2C(C)C)N=C1C1CCCCC1C(C)C. The molecule has 1 aliphatic heterocycles. The van der Waals surface area contributed by atoms with E-state index in [4.69, 9.17) is 9.73 Å². The summed E-state index contributed by atoms with van der Waals surface area (Å²) in [5, 5.41) is 0. The fourth-order valence-electron chi connectivity index (χ4n) is 13.8. The fraction of sp³-hybridized carbons (Fsp3) is 0.724. The van der Waals surface area contributed by atoms with Crippen LogP contribution in [0, 0.1) is 59.2 Å². The predicted molar refractivity (Wildman–Crippen MR) is 263 cm³/mol. The summed E-state index contributed by atoms with van der Waals surface area (Å²) in [4.78, 5) is 25.6. The van der Waals surface area contributed by atoms with Crippen LogP contribution in [-0.2, 0) is 14.9 Å². The summed E-state index contributed by atoms with van der Waals surface area (Å²) in [6.45, 7) is 28.9. The number of hydrogen-bond acceptors (Lipinski definition) is 3. The van der Waals surface area contributed by atoms with Crippen LogP contribution in [0.5, 0.6) is 0 Å². The van der Waals surface area contributed by atoms with E-state index in [0.717, 1.165) is 29.8 Å². The van der Waals surface area contributed by atoms with Gasteiger partial charge in [-0.25, -0.2) is 4.79 Å². The van der Waals surface area contributed by atoms with Gasteiger partial charge in [0.2, 0.25) is 0 Å². The van der Waals surface area contributed by atoms with Crippen LogP contribution in [0.1, 0.15) is 226 Å². The molecule has 8 unspecified atom stereocenters. The zero-order chi connectivity index (χ0) is 44.5. The minimum Gasteiger partial charge on any atom is -0.462 e. The minimum absolute atomic E-state index is 0.0380. The summed E-state index contributed by atoms with van der Waals surface area (Å²) in [5.74, 6) is 5.95. The number of benzene rings is 1. The standard InChI is InChI=1S/C58H88N2O2/c1-13-62-57(61)53-52(47-28-20-16-24-43(47)37(6)7)56(60-54(53)48-29-21-17-25-44(48)38(8)9)51(39-30-32-40(33-31-39)58(10,11)12)55-49(45-26-18-14-22-41(45)35(2)3)34-50(59-55)46-27-19-15-23-42(46)36(4)5/h30-38,41-48,59H,13-29H2,1-12H3/b56-51-. The van der Waals surface area contributed by atoms with Gasteiger partial charge in [-0.2, -0.15) is 0 Å². The zero-order valence-corrected chi connectivity index (χ0v) is 41.6. The lowest BCUT2D eigenvalue weighted by molar-refractivity contribution is -0.138. The van der Waals surface area contributed by atoms with Crippen molar-refractivity contribution in [3.05, 3.63) is 75.3 Å². The average molecular weight is 845 g/mol. The summed E-state index contributed by atoms with van der Waals surface area (Å²) in [7, 11) is 0. The van der Waals surface area contributed by atoms with Crippen LogP contribution in [0.2, 0.25) is 0 Å². The Morgan fingerprint density at radius 3 is 1.61 bits per heavy atom. The molecule has 62 heavy (non-hydrogen) atoms. The van der Waals surface area contributed by atoms with E-state index in [1.54, 1.807) is 0 Å². The number of carbonyl (C=O) groups is 1. The van der Waals surface area contributed by atoms with E-state index in [1.807, 2.05) is 6.92 Å². The third-order valence-corrected chi connectivity index (χ3v) is 17.1. The van der Waals surface area contributed by atoms with Gasteiger partial charge in [-0.05, 0) is 151 Å². The van der Waals surface area contributed by atoms with Crippen molar-refractivity contribution in [3.63, 3.8) is 0 Å². The summed E-state index contributed by atoms with van der Waals surface area (Å²) in [6, 6.07) is 12.3. The molecule has 8 atom stereocenters. The second-order valence-electron chi connectivity index (χ2n) is 23.3. The quantitative estimate of drug-likeness (QED) is 0.216. The van der Waals surface area contributed by atoms with Crippen molar-refractivity contribution in [3.8, 4) is 0 Å². The first-order chi connectivity index (χ1) is 29.6. The highest BCUT2D eigenvalue weighted by molar-refractivity contribution is 6.24. The highest BCUT2D eigenvalue weighted by Crippen LogP contribution is 2.54. The van der Waals surface area contributed by atoms with Crippen LogP contribution >= 0.6 is 0 Å².